The molecular formula is C10H19N3O2. The van der Waals surface area contributed by atoms with E-state index in [4.69, 9.17) is 5.11 Å². The number of aryl methyl sites for hydroxylation is 1. The van der Waals surface area contributed by atoms with Gasteiger partial charge in [-0.25, -0.2) is 0 Å². The lowest BCUT2D eigenvalue weighted by atomic mass is 10.1. The Morgan fingerprint density at radius 2 is 2.33 bits per heavy atom. The maximum atomic E-state index is 9.52. The summed E-state index contributed by atoms with van der Waals surface area (Å²) in [7, 11) is 0. The third-order valence-corrected chi connectivity index (χ3v) is 2.19. The Hall–Kier alpha value is -0.910. The van der Waals surface area contributed by atoms with E-state index in [1.807, 2.05) is 17.8 Å². The maximum Gasteiger partial charge on any atom is 0.0972 e. The molecule has 0 spiro atoms. The Kier molecular flexibility index (Phi) is 4.26. The highest BCUT2D eigenvalue weighted by Crippen LogP contribution is 2.01. The molecular weight excluding hydrogens is 194 g/mol. The summed E-state index contributed by atoms with van der Waals surface area (Å²) in [6.07, 6.45) is 3.75. The second-order valence-corrected chi connectivity index (χ2v) is 3.96. The van der Waals surface area contributed by atoms with Crippen molar-refractivity contribution < 1.29 is 10.2 Å². The molecule has 1 unspecified atom stereocenters. The van der Waals surface area contributed by atoms with Gasteiger partial charge in [0, 0.05) is 31.4 Å². The molecule has 0 bridgehead atoms. The molecule has 0 aliphatic rings. The first kappa shape index (κ1) is 12.2. The van der Waals surface area contributed by atoms with Crippen LogP contribution in [0.4, 0.5) is 0 Å². The molecule has 1 rings (SSSR count). The van der Waals surface area contributed by atoms with Gasteiger partial charge in [-0.3, -0.25) is 4.68 Å². The maximum absolute atomic E-state index is 9.52. The second-order valence-electron chi connectivity index (χ2n) is 3.96. The van der Waals surface area contributed by atoms with E-state index in [-0.39, 0.29) is 6.61 Å². The van der Waals surface area contributed by atoms with E-state index >= 15 is 0 Å². The van der Waals surface area contributed by atoms with Crippen LogP contribution in [0.3, 0.4) is 0 Å². The van der Waals surface area contributed by atoms with Crippen molar-refractivity contribution in [3.63, 3.8) is 0 Å². The second kappa shape index (κ2) is 5.25. The number of hydrogen-bond acceptors (Lipinski definition) is 4. The molecule has 1 atom stereocenters. The van der Waals surface area contributed by atoms with E-state index in [1.54, 1.807) is 13.1 Å². The Labute approximate surface area is 89.7 Å². The van der Waals surface area contributed by atoms with Crippen molar-refractivity contribution in [3.05, 3.63) is 18.0 Å². The van der Waals surface area contributed by atoms with Crippen molar-refractivity contribution in [2.45, 2.75) is 32.5 Å². The van der Waals surface area contributed by atoms with E-state index < -0.39 is 5.60 Å². The molecule has 5 heteroatoms. The summed E-state index contributed by atoms with van der Waals surface area (Å²) in [5, 5.41) is 25.5. The highest BCUT2D eigenvalue weighted by Gasteiger charge is 2.17. The molecule has 0 amide bonds. The average molecular weight is 213 g/mol. The summed E-state index contributed by atoms with van der Waals surface area (Å²) in [6.45, 7) is 5.25. The molecule has 3 N–H and O–H groups in total. The number of aromatic nitrogens is 2. The average Bonchev–Trinajstić information content (AvgIpc) is 2.66. The Morgan fingerprint density at radius 3 is 2.87 bits per heavy atom. The Bertz CT molecular complexity index is 297. The third-order valence-electron chi connectivity index (χ3n) is 2.19. The zero-order valence-electron chi connectivity index (χ0n) is 9.27. The number of aliphatic hydroxyl groups is 2. The van der Waals surface area contributed by atoms with E-state index in [2.05, 4.69) is 10.4 Å². The molecule has 1 aromatic rings. The smallest absolute Gasteiger partial charge is 0.0972 e. The van der Waals surface area contributed by atoms with Gasteiger partial charge < -0.3 is 15.5 Å². The summed E-state index contributed by atoms with van der Waals surface area (Å²) in [6, 6.07) is 0. The van der Waals surface area contributed by atoms with Crippen LogP contribution >= 0.6 is 0 Å². The van der Waals surface area contributed by atoms with Crippen molar-refractivity contribution in [2.75, 3.05) is 13.2 Å². The van der Waals surface area contributed by atoms with Crippen LogP contribution in [0, 0.1) is 0 Å². The van der Waals surface area contributed by atoms with Crippen molar-refractivity contribution in [1.82, 2.24) is 15.1 Å². The molecule has 86 valence electrons. The summed E-state index contributed by atoms with van der Waals surface area (Å²) in [5.41, 5.74) is 0.0198. The molecule has 0 radical (unpaired) electrons. The minimum atomic E-state index is -1.05. The molecule has 0 aliphatic carbocycles. The van der Waals surface area contributed by atoms with Gasteiger partial charge in [-0.15, -0.1) is 0 Å². The highest BCUT2D eigenvalue weighted by molar-refractivity contribution is 5.03. The van der Waals surface area contributed by atoms with E-state index in [9.17, 15) is 5.11 Å². The van der Waals surface area contributed by atoms with Crippen molar-refractivity contribution in [1.29, 1.82) is 0 Å². The van der Waals surface area contributed by atoms with Crippen molar-refractivity contribution >= 4 is 0 Å². The molecule has 1 aromatic heterocycles. The minimum absolute atomic E-state index is 0.242. The molecule has 15 heavy (non-hydrogen) atoms. The van der Waals surface area contributed by atoms with Crippen LogP contribution < -0.4 is 5.32 Å². The van der Waals surface area contributed by atoms with Gasteiger partial charge in [0.2, 0.25) is 0 Å². The van der Waals surface area contributed by atoms with Gasteiger partial charge in [0.05, 0.1) is 18.4 Å². The van der Waals surface area contributed by atoms with Crippen molar-refractivity contribution in [2.24, 2.45) is 0 Å². The lowest BCUT2D eigenvalue weighted by molar-refractivity contribution is 0.00254. The standard InChI is InChI=1S/C10H19N3O2/c1-3-13-6-9(5-12-13)4-11-7-10(2,15)8-14/h5-6,11,14-15H,3-4,7-8H2,1-2H3. The molecule has 0 aromatic carbocycles. The molecule has 5 nitrogen and oxygen atoms in total. The lowest BCUT2D eigenvalue weighted by Crippen LogP contribution is -2.40. The summed E-state index contributed by atoms with van der Waals surface area (Å²) in [4.78, 5) is 0. The van der Waals surface area contributed by atoms with Gasteiger partial charge in [0.25, 0.3) is 0 Å². The number of aliphatic hydroxyl groups excluding tert-OH is 1. The Balaban J connectivity index is 2.31. The normalized spacial score (nSPS) is 15.2. The number of nitrogens with zero attached hydrogens (tertiary/aromatic N) is 2. The summed E-state index contributed by atoms with van der Waals surface area (Å²) < 4.78 is 1.85. The summed E-state index contributed by atoms with van der Waals surface area (Å²) >= 11 is 0. The van der Waals surface area contributed by atoms with Gasteiger partial charge in [-0.2, -0.15) is 5.10 Å². The number of rotatable bonds is 6. The number of hydrogen-bond donors (Lipinski definition) is 3. The Morgan fingerprint density at radius 1 is 1.60 bits per heavy atom. The fourth-order valence-electron chi connectivity index (χ4n) is 1.20. The van der Waals surface area contributed by atoms with Crippen LogP contribution in [0.5, 0.6) is 0 Å². The van der Waals surface area contributed by atoms with Crippen molar-refractivity contribution in [3.8, 4) is 0 Å². The minimum Gasteiger partial charge on any atom is -0.393 e. The van der Waals surface area contributed by atoms with E-state index in [0.717, 1.165) is 12.1 Å². The zero-order valence-corrected chi connectivity index (χ0v) is 9.27. The topological polar surface area (TPSA) is 70.3 Å². The van der Waals surface area contributed by atoms with Gasteiger partial charge in [-0.1, -0.05) is 0 Å². The fraction of sp³-hybridized carbons (Fsp3) is 0.700. The van der Waals surface area contributed by atoms with Crippen LogP contribution in [-0.4, -0.2) is 38.7 Å². The predicted molar refractivity (Wildman–Crippen MR) is 57.3 cm³/mol. The van der Waals surface area contributed by atoms with Gasteiger partial charge >= 0.3 is 0 Å². The number of nitrogens with one attached hydrogen (secondary N) is 1. The van der Waals surface area contributed by atoms with E-state index in [0.29, 0.717) is 13.1 Å². The summed E-state index contributed by atoms with van der Waals surface area (Å²) in [5.74, 6) is 0. The first-order valence-electron chi connectivity index (χ1n) is 5.12. The first-order valence-corrected chi connectivity index (χ1v) is 5.12. The van der Waals surface area contributed by atoms with Crippen LogP contribution in [-0.2, 0) is 13.1 Å². The molecule has 0 aliphatic heterocycles. The third kappa shape index (κ3) is 3.99. The fourth-order valence-corrected chi connectivity index (χ4v) is 1.20. The van der Waals surface area contributed by atoms with Gasteiger partial charge in [0.1, 0.15) is 0 Å². The van der Waals surface area contributed by atoms with E-state index in [1.165, 1.54) is 0 Å². The van der Waals surface area contributed by atoms with Crippen LogP contribution in [0.1, 0.15) is 19.4 Å². The largest absolute Gasteiger partial charge is 0.393 e. The SMILES string of the molecule is CCn1cc(CNCC(C)(O)CO)cn1. The van der Waals surface area contributed by atoms with Crippen LogP contribution in [0.25, 0.3) is 0 Å². The predicted octanol–water partition coefficient (Wildman–Crippen LogP) is -0.264. The van der Waals surface area contributed by atoms with Gasteiger partial charge in [0.15, 0.2) is 0 Å². The molecule has 0 saturated carbocycles. The van der Waals surface area contributed by atoms with Gasteiger partial charge in [-0.05, 0) is 13.8 Å². The monoisotopic (exact) mass is 213 g/mol. The highest BCUT2D eigenvalue weighted by atomic mass is 16.3. The molecule has 1 heterocycles. The van der Waals surface area contributed by atoms with Crippen LogP contribution in [0.15, 0.2) is 12.4 Å². The molecule has 0 saturated heterocycles. The lowest BCUT2D eigenvalue weighted by Gasteiger charge is -2.20. The quantitative estimate of drug-likeness (QED) is 0.608. The molecule has 0 fully saturated rings. The van der Waals surface area contributed by atoms with Crippen LogP contribution in [0.2, 0.25) is 0 Å². The zero-order chi connectivity index (χ0) is 11.3. The first-order chi connectivity index (χ1) is 7.07.